The van der Waals surface area contributed by atoms with E-state index in [1.54, 1.807) is 0 Å². The van der Waals surface area contributed by atoms with Crippen molar-refractivity contribution in [2.45, 2.75) is 46.6 Å². The highest BCUT2D eigenvalue weighted by atomic mass is 16.5. The summed E-state index contributed by atoms with van der Waals surface area (Å²) in [6.45, 7) is 11.5. The van der Waals surface area contributed by atoms with Crippen LogP contribution in [0.4, 0.5) is 0 Å². The number of carbonyl (C=O) groups excluding carboxylic acids is 1. The van der Waals surface area contributed by atoms with Gasteiger partial charge in [-0.25, -0.2) is 0 Å². The summed E-state index contributed by atoms with van der Waals surface area (Å²) < 4.78 is 4.82. The Hall–Kier alpha value is -0.610. The Balaban J connectivity index is 4.12. The van der Waals surface area contributed by atoms with E-state index in [0.717, 1.165) is 32.5 Å². The van der Waals surface area contributed by atoms with Gasteiger partial charge in [-0.05, 0) is 38.4 Å². The summed E-state index contributed by atoms with van der Waals surface area (Å²) in [4.78, 5) is 13.9. The number of esters is 1. The van der Waals surface area contributed by atoms with Crippen LogP contribution in [-0.4, -0.2) is 50.7 Å². The average Bonchev–Trinajstić information content (AvgIpc) is 2.26. The van der Waals surface area contributed by atoms with E-state index in [2.05, 4.69) is 45.0 Å². The van der Waals surface area contributed by atoms with Crippen LogP contribution in [0.15, 0.2) is 0 Å². The number of hydrogen-bond donors (Lipinski definition) is 1. The predicted octanol–water partition coefficient (Wildman–Crippen LogP) is 1.90. The maximum Gasteiger partial charge on any atom is 0.322 e. The highest BCUT2D eigenvalue weighted by molar-refractivity contribution is 5.75. The van der Waals surface area contributed by atoms with Gasteiger partial charge in [0.05, 0.1) is 7.11 Å². The number of hydrogen-bond acceptors (Lipinski definition) is 4. The summed E-state index contributed by atoms with van der Waals surface area (Å²) in [5.74, 6) is -0.160. The third-order valence-corrected chi connectivity index (χ3v) is 2.67. The van der Waals surface area contributed by atoms with Crippen LogP contribution in [-0.2, 0) is 9.53 Å². The molecule has 1 atom stereocenters. The highest BCUT2D eigenvalue weighted by Gasteiger charge is 2.20. The molecule has 1 unspecified atom stereocenters. The van der Waals surface area contributed by atoms with E-state index in [1.807, 2.05) is 0 Å². The molecule has 0 rings (SSSR count). The molecule has 4 heteroatoms. The standard InChI is InChI=1S/C14H30N2O2/c1-7-9-15-12(13(17)18-6)8-10-16(5)11-14(2,3)4/h12,15H,7-11H2,1-6H3. The van der Waals surface area contributed by atoms with E-state index in [-0.39, 0.29) is 17.4 Å². The topological polar surface area (TPSA) is 41.6 Å². The quantitative estimate of drug-likeness (QED) is 0.675. The molecule has 0 aliphatic heterocycles. The third kappa shape index (κ3) is 8.48. The molecular weight excluding hydrogens is 228 g/mol. The van der Waals surface area contributed by atoms with E-state index >= 15 is 0 Å². The first-order valence-corrected chi connectivity index (χ1v) is 6.80. The van der Waals surface area contributed by atoms with Crippen molar-refractivity contribution < 1.29 is 9.53 Å². The molecule has 0 saturated heterocycles. The Kier molecular flexibility index (Phi) is 8.20. The third-order valence-electron chi connectivity index (χ3n) is 2.67. The van der Waals surface area contributed by atoms with Gasteiger partial charge in [-0.2, -0.15) is 0 Å². The molecular formula is C14H30N2O2. The SMILES string of the molecule is CCCNC(CCN(C)CC(C)(C)C)C(=O)OC. The zero-order chi connectivity index (χ0) is 14.2. The van der Waals surface area contributed by atoms with Crippen LogP contribution in [0, 0.1) is 5.41 Å². The van der Waals surface area contributed by atoms with Crippen LogP contribution in [0.25, 0.3) is 0 Å². The molecule has 108 valence electrons. The lowest BCUT2D eigenvalue weighted by molar-refractivity contribution is -0.143. The van der Waals surface area contributed by atoms with Crippen molar-refractivity contribution in [3.63, 3.8) is 0 Å². The monoisotopic (exact) mass is 258 g/mol. The van der Waals surface area contributed by atoms with Gasteiger partial charge in [-0.3, -0.25) is 4.79 Å². The molecule has 0 radical (unpaired) electrons. The van der Waals surface area contributed by atoms with Crippen molar-refractivity contribution in [3.8, 4) is 0 Å². The second-order valence-corrected chi connectivity index (χ2v) is 6.12. The Morgan fingerprint density at radius 3 is 2.44 bits per heavy atom. The van der Waals surface area contributed by atoms with Crippen LogP contribution in [0.1, 0.15) is 40.5 Å². The predicted molar refractivity (Wildman–Crippen MR) is 75.7 cm³/mol. The molecule has 0 aliphatic carbocycles. The van der Waals surface area contributed by atoms with E-state index in [1.165, 1.54) is 7.11 Å². The fourth-order valence-electron chi connectivity index (χ4n) is 2.00. The molecule has 0 spiro atoms. The van der Waals surface area contributed by atoms with Crippen molar-refractivity contribution in [1.82, 2.24) is 10.2 Å². The highest BCUT2D eigenvalue weighted by Crippen LogP contribution is 2.14. The van der Waals surface area contributed by atoms with E-state index in [9.17, 15) is 4.79 Å². The van der Waals surface area contributed by atoms with Gasteiger partial charge in [0.1, 0.15) is 6.04 Å². The average molecular weight is 258 g/mol. The first kappa shape index (κ1) is 17.4. The lowest BCUT2D eigenvalue weighted by Gasteiger charge is -2.27. The summed E-state index contributed by atoms with van der Waals surface area (Å²) >= 11 is 0. The molecule has 0 saturated carbocycles. The number of nitrogens with zero attached hydrogens (tertiary/aromatic N) is 1. The van der Waals surface area contributed by atoms with Crippen LogP contribution in [0.3, 0.4) is 0 Å². The summed E-state index contributed by atoms with van der Waals surface area (Å²) in [7, 11) is 3.54. The largest absolute Gasteiger partial charge is 0.468 e. The van der Waals surface area contributed by atoms with Gasteiger partial charge >= 0.3 is 5.97 Å². The number of nitrogens with one attached hydrogen (secondary N) is 1. The first-order valence-electron chi connectivity index (χ1n) is 6.80. The molecule has 0 aromatic heterocycles. The number of carbonyl (C=O) groups is 1. The number of rotatable bonds is 8. The smallest absolute Gasteiger partial charge is 0.322 e. The normalized spacial score (nSPS) is 13.7. The summed E-state index contributed by atoms with van der Waals surface area (Å²) in [5, 5.41) is 3.24. The Morgan fingerprint density at radius 1 is 1.39 bits per heavy atom. The van der Waals surface area contributed by atoms with Crippen LogP contribution < -0.4 is 5.32 Å². The Morgan fingerprint density at radius 2 is 2.00 bits per heavy atom. The van der Waals surface area contributed by atoms with E-state index in [0.29, 0.717) is 0 Å². The second-order valence-electron chi connectivity index (χ2n) is 6.12. The second kappa shape index (κ2) is 8.48. The minimum Gasteiger partial charge on any atom is -0.468 e. The van der Waals surface area contributed by atoms with Gasteiger partial charge in [0, 0.05) is 6.54 Å². The maximum atomic E-state index is 11.6. The van der Waals surface area contributed by atoms with Crippen molar-refractivity contribution in [3.05, 3.63) is 0 Å². The molecule has 0 heterocycles. The minimum absolute atomic E-state index is 0.160. The molecule has 18 heavy (non-hydrogen) atoms. The molecule has 0 aliphatic rings. The van der Waals surface area contributed by atoms with Crippen molar-refractivity contribution in [1.29, 1.82) is 0 Å². The number of ether oxygens (including phenoxy) is 1. The fourth-order valence-corrected chi connectivity index (χ4v) is 2.00. The molecule has 0 bridgehead atoms. The van der Waals surface area contributed by atoms with Gasteiger partial charge in [0.15, 0.2) is 0 Å². The summed E-state index contributed by atoms with van der Waals surface area (Å²) in [5.41, 5.74) is 0.284. The molecule has 4 nitrogen and oxygen atoms in total. The van der Waals surface area contributed by atoms with Gasteiger partial charge in [0.25, 0.3) is 0 Å². The molecule has 0 fully saturated rings. The number of methoxy groups -OCH3 is 1. The van der Waals surface area contributed by atoms with Crippen LogP contribution in [0.2, 0.25) is 0 Å². The zero-order valence-electron chi connectivity index (χ0n) is 12.9. The van der Waals surface area contributed by atoms with Crippen LogP contribution >= 0.6 is 0 Å². The molecule has 0 aromatic carbocycles. The zero-order valence-corrected chi connectivity index (χ0v) is 12.9. The van der Waals surface area contributed by atoms with Crippen molar-refractivity contribution in [2.75, 3.05) is 33.8 Å². The van der Waals surface area contributed by atoms with Crippen molar-refractivity contribution in [2.24, 2.45) is 5.41 Å². The van der Waals surface area contributed by atoms with Crippen LogP contribution in [0.5, 0.6) is 0 Å². The summed E-state index contributed by atoms with van der Waals surface area (Å²) in [6.07, 6.45) is 1.81. The van der Waals surface area contributed by atoms with Crippen molar-refractivity contribution >= 4 is 5.97 Å². The lowest BCUT2D eigenvalue weighted by atomic mass is 9.96. The van der Waals surface area contributed by atoms with E-state index in [4.69, 9.17) is 4.74 Å². The Labute approximate surface area is 112 Å². The molecule has 0 aromatic rings. The Bertz CT molecular complexity index is 236. The lowest BCUT2D eigenvalue weighted by Crippen LogP contribution is -2.41. The minimum atomic E-state index is -0.183. The van der Waals surface area contributed by atoms with Gasteiger partial charge < -0.3 is 15.0 Å². The van der Waals surface area contributed by atoms with Gasteiger partial charge in [0.2, 0.25) is 0 Å². The van der Waals surface area contributed by atoms with E-state index < -0.39 is 0 Å². The maximum absolute atomic E-state index is 11.6. The molecule has 1 N–H and O–H groups in total. The molecule has 0 amide bonds. The van der Waals surface area contributed by atoms with Gasteiger partial charge in [-0.15, -0.1) is 0 Å². The summed E-state index contributed by atoms with van der Waals surface area (Å²) in [6, 6.07) is -0.183. The first-order chi connectivity index (χ1) is 8.30. The fraction of sp³-hybridized carbons (Fsp3) is 0.929. The van der Waals surface area contributed by atoms with Gasteiger partial charge in [-0.1, -0.05) is 27.7 Å².